The molecule has 0 bridgehead atoms. The molecule has 0 aliphatic heterocycles. The van der Waals surface area contributed by atoms with Gasteiger partial charge in [-0.1, -0.05) is 30.3 Å². The molecular formula is C16H13ClN2O2. The summed E-state index contributed by atoms with van der Waals surface area (Å²) in [6.07, 6.45) is 0. The zero-order valence-electron chi connectivity index (χ0n) is 11.4. The Morgan fingerprint density at radius 1 is 1.24 bits per heavy atom. The molecule has 5 heteroatoms. The van der Waals surface area contributed by atoms with Gasteiger partial charge in [0.25, 0.3) is 0 Å². The minimum absolute atomic E-state index is 0.384. The van der Waals surface area contributed by atoms with Gasteiger partial charge >= 0.3 is 5.97 Å². The van der Waals surface area contributed by atoms with Gasteiger partial charge in [0.1, 0.15) is 0 Å². The first-order valence-electron chi connectivity index (χ1n) is 6.47. The molecule has 0 unspecified atom stereocenters. The molecule has 0 atom stereocenters. The third-order valence-corrected chi connectivity index (χ3v) is 3.59. The monoisotopic (exact) mass is 300 g/mol. The van der Waals surface area contributed by atoms with Crippen LogP contribution in [-0.4, -0.2) is 22.6 Å². The zero-order chi connectivity index (χ0) is 14.8. The molecule has 1 aromatic heterocycles. The number of ether oxygens (including phenoxy) is 1. The lowest BCUT2D eigenvalue weighted by Crippen LogP contribution is -2.02. The number of rotatable bonds is 3. The summed E-state index contributed by atoms with van der Waals surface area (Å²) in [7, 11) is 1.35. The van der Waals surface area contributed by atoms with Crippen molar-refractivity contribution in [1.82, 2.24) is 9.55 Å². The number of halogens is 1. The van der Waals surface area contributed by atoms with Crippen LogP contribution in [0.25, 0.3) is 11.0 Å². The van der Waals surface area contributed by atoms with Crippen molar-refractivity contribution in [2.75, 3.05) is 7.11 Å². The molecule has 0 spiro atoms. The second-order valence-electron chi connectivity index (χ2n) is 4.65. The standard InChI is InChI=1S/C16H13ClN2O2/c1-21-15(20)12-7-8-14-13(9-12)18-16(17)19(14)10-11-5-3-2-4-6-11/h2-9H,10H2,1H3. The smallest absolute Gasteiger partial charge is 0.337 e. The highest BCUT2D eigenvalue weighted by atomic mass is 35.5. The number of carbonyl (C=O) groups excluding carboxylic acids is 1. The molecule has 21 heavy (non-hydrogen) atoms. The topological polar surface area (TPSA) is 44.1 Å². The molecule has 0 saturated heterocycles. The summed E-state index contributed by atoms with van der Waals surface area (Å²) in [6, 6.07) is 15.2. The second-order valence-corrected chi connectivity index (χ2v) is 4.99. The molecule has 1 heterocycles. The summed E-state index contributed by atoms with van der Waals surface area (Å²) < 4.78 is 6.62. The predicted octanol–water partition coefficient (Wildman–Crippen LogP) is 3.52. The fourth-order valence-electron chi connectivity index (χ4n) is 2.26. The second kappa shape index (κ2) is 5.58. The molecule has 106 valence electrons. The number of imidazole rings is 1. The predicted molar refractivity (Wildman–Crippen MR) is 81.6 cm³/mol. The minimum atomic E-state index is -0.384. The lowest BCUT2D eigenvalue weighted by atomic mass is 10.2. The number of esters is 1. The number of methoxy groups -OCH3 is 1. The van der Waals surface area contributed by atoms with Crippen molar-refractivity contribution in [2.45, 2.75) is 6.54 Å². The average molecular weight is 301 g/mol. The van der Waals surface area contributed by atoms with E-state index in [0.717, 1.165) is 11.1 Å². The number of carbonyl (C=O) groups is 1. The average Bonchev–Trinajstić information content (AvgIpc) is 2.82. The van der Waals surface area contributed by atoms with E-state index >= 15 is 0 Å². The van der Waals surface area contributed by atoms with E-state index < -0.39 is 0 Å². The summed E-state index contributed by atoms with van der Waals surface area (Å²) >= 11 is 6.22. The highest BCUT2D eigenvalue weighted by Crippen LogP contribution is 2.22. The first kappa shape index (κ1) is 13.6. The molecule has 3 rings (SSSR count). The van der Waals surface area contributed by atoms with Gasteiger partial charge in [0, 0.05) is 0 Å². The Kier molecular flexibility index (Phi) is 3.62. The van der Waals surface area contributed by atoms with Gasteiger partial charge in [-0.05, 0) is 35.4 Å². The van der Waals surface area contributed by atoms with Crippen molar-refractivity contribution >= 4 is 28.6 Å². The molecule has 0 aliphatic carbocycles. The van der Waals surface area contributed by atoms with Crippen LogP contribution < -0.4 is 0 Å². The normalized spacial score (nSPS) is 10.8. The van der Waals surface area contributed by atoms with Crippen LogP contribution in [0.1, 0.15) is 15.9 Å². The van der Waals surface area contributed by atoms with Gasteiger partial charge in [0.05, 0.1) is 30.3 Å². The lowest BCUT2D eigenvalue weighted by Gasteiger charge is -2.06. The minimum Gasteiger partial charge on any atom is -0.465 e. The van der Waals surface area contributed by atoms with Crippen molar-refractivity contribution in [1.29, 1.82) is 0 Å². The van der Waals surface area contributed by atoms with Crippen LogP contribution in [0.15, 0.2) is 48.5 Å². The van der Waals surface area contributed by atoms with Crippen molar-refractivity contribution < 1.29 is 9.53 Å². The van der Waals surface area contributed by atoms with Gasteiger partial charge in [-0.25, -0.2) is 9.78 Å². The van der Waals surface area contributed by atoms with Crippen molar-refractivity contribution in [2.24, 2.45) is 0 Å². The number of hydrogen-bond acceptors (Lipinski definition) is 3. The van der Waals surface area contributed by atoms with E-state index in [1.54, 1.807) is 12.1 Å². The van der Waals surface area contributed by atoms with E-state index in [-0.39, 0.29) is 5.97 Å². The molecule has 0 saturated carbocycles. The van der Waals surface area contributed by atoms with Gasteiger partial charge in [0.2, 0.25) is 5.28 Å². The van der Waals surface area contributed by atoms with Crippen LogP contribution in [0, 0.1) is 0 Å². The molecule has 0 radical (unpaired) electrons. The molecule has 2 aromatic carbocycles. The Bertz CT molecular complexity index is 797. The molecular weight excluding hydrogens is 288 g/mol. The zero-order valence-corrected chi connectivity index (χ0v) is 12.2. The van der Waals surface area contributed by atoms with E-state index in [4.69, 9.17) is 16.3 Å². The Morgan fingerprint density at radius 3 is 2.71 bits per heavy atom. The Labute approximate surface area is 126 Å². The Balaban J connectivity index is 2.04. The molecule has 4 nitrogen and oxygen atoms in total. The van der Waals surface area contributed by atoms with Crippen LogP contribution in [0.5, 0.6) is 0 Å². The first-order valence-corrected chi connectivity index (χ1v) is 6.85. The number of fused-ring (bicyclic) bond motifs is 1. The molecule has 0 amide bonds. The molecule has 3 aromatic rings. The largest absolute Gasteiger partial charge is 0.465 e. The Morgan fingerprint density at radius 2 is 2.00 bits per heavy atom. The van der Waals surface area contributed by atoms with Crippen LogP contribution in [0.4, 0.5) is 0 Å². The summed E-state index contributed by atoms with van der Waals surface area (Å²) in [5.41, 5.74) is 3.16. The van der Waals surface area contributed by atoms with Crippen LogP contribution in [0.2, 0.25) is 5.28 Å². The number of aromatic nitrogens is 2. The third kappa shape index (κ3) is 2.62. The molecule has 0 fully saturated rings. The van der Waals surface area contributed by atoms with Gasteiger partial charge in [-0.3, -0.25) is 0 Å². The SMILES string of the molecule is COC(=O)c1ccc2c(c1)nc(Cl)n2Cc1ccccc1. The number of benzene rings is 2. The van der Waals surface area contributed by atoms with Crippen LogP contribution >= 0.6 is 11.6 Å². The quantitative estimate of drug-likeness (QED) is 0.695. The molecule has 0 aliphatic rings. The first-order chi connectivity index (χ1) is 10.2. The third-order valence-electron chi connectivity index (χ3n) is 3.31. The fourth-order valence-corrected chi connectivity index (χ4v) is 2.50. The molecule has 0 N–H and O–H groups in total. The maximum atomic E-state index is 11.6. The van der Waals surface area contributed by atoms with Gasteiger partial charge in [0.15, 0.2) is 0 Å². The number of nitrogens with zero attached hydrogens (tertiary/aromatic N) is 2. The lowest BCUT2D eigenvalue weighted by molar-refractivity contribution is 0.0601. The van der Waals surface area contributed by atoms with E-state index in [1.165, 1.54) is 7.11 Å². The van der Waals surface area contributed by atoms with Crippen LogP contribution in [-0.2, 0) is 11.3 Å². The van der Waals surface area contributed by atoms with E-state index in [1.807, 2.05) is 41.0 Å². The maximum Gasteiger partial charge on any atom is 0.337 e. The summed E-state index contributed by atoms with van der Waals surface area (Å²) in [5, 5.41) is 0.399. The van der Waals surface area contributed by atoms with E-state index in [9.17, 15) is 4.79 Å². The summed E-state index contributed by atoms with van der Waals surface area (Å²) in [4.78, 5) is 15.9. The highest BCUT2D eigenvalue weighted by Gasteiger charge is 2.12. The van der Waals surface area contributed by atoms with Gasteiger partial charge < -0.3 is 9.30 Å². The van der Waals surface area contributed by atoms with Crippen LogP contribution in [0.3, 0.4) is 0 Å². The van der Waals surface area contributed by atoms with E-state index in [2.05, 4.69) is 4.98 Å². The highest BCUT2D eigenvalue weighted by molar-refractivity contribution is 6.29. The fraction of sp³-hybridized carbons (Fsp3) is 0.125. The number of hydrogen-bond donors (Lipinski definition) is 0. The summed E-state index contributed by atoms with van der Waals surface area (Å²) in [6.45, 7) is 0.633. The van der Waals surface area contributed by atoms with Gasteiger partial charge in [-0.15, -0.1) is 0 Å². The maximum absolute atomic E-state index is 11.6. The summed E-state index contributed by atoms with van der Waals surface area (Å²) in [5.74, 6) is -0.384. The Hall–Kier alpha value is -2.33. The van der Waals surface area contributed by atoms with E-state index in [0.29, 0.717) is 22.9 Å². The van der Waals surface area contributed by atoms with Crippen molar-refractivity contribution in [3.8, 4) is 0 Å². The van der Waals surface area contributed by atoms with Gasteiger partial charge in [-0.2, -0.15) is 0 Å². The van der Waals surface area contributed by atoms with Crippen molar-refractivity contribution in [3.63, 3.8) is 0 Å². The van der Waals surface area contributed by atoms with Crippen molar-refractivity contribution in [3.05, 3.63) is 64.9 Å².